The highest BCUT2D eigenvalue weighted by molar-refractivity contribution is 5.75. The molecule has 1 aromatic heterocycles. The van der Waals surface area contributed by atoms with Crippen LogP contribution in [0, 0.1) is 5.41 Å². The predicted octanol–water partition coefficient (Wildman–Crippen LogP) is 2.07. The zero-order valence-electron chi connectivity index (χ0n) is 13.6. The van der Waals surface area contributed by atoms with Crippen LogP contribution in [-0.4, -0.2) is 53.0 Å². The van der Waals surface area contributed by atoms with E-state index in [1.165, 1.54) is 0 Å². The molecule has 0 bridgehead atoms. The molecule has 1 saturated heterocycles. The SMILES string of the molecule is CCc1cc(CN2CCCC(CCCOC)(C(=O)O)C2)[nH]n1. The summed E-state index contributed by atoms with van der Waals surface area (Å²) in [5, 5.41) is 17.0. The highest BCUT2D eigenvalue weighted by Gasteiger charge is 2.41. The van der Waals surface area contributed by atoms with Crippen molar-refractivity contribution in [3.63, 3.8) is 0 Å². The Balaban J connectivity index is 1.99. The van der Waals surface area contributed by atoms with Gasteiger partial charge in [0.25, 0.3) is 0 Å². The number of nitrogens with zero attached hydrogens (tertiary/aromatic N) is 2. The van der Waals surface area contributed by atoms with E-state index in [1.54, 1.807) is 7.11 Å². The molecule has 124 valence electrons. The standard InChI is InChI=1S/C16H27N3O3/c1-3-13-10-14(18-17-13)11-19-8-4-6-16(12-19,15(20)21)7-5-9-22-2/h10H,3-9,11-12H2,1-2H3,(H,17,18)(H,20,21). The smallest absolute Gasteiger partial charge is 0.310 e. The molecule has 1 aliphatic heterocycles. The molecule has 22 heavy (non-hydrogen) atoms. The minimum Gasteiger partial charge on any atom is -0.481 e. The molecule has 0 aliphatic carbocycles. The normalized spacial score (nSPS) is 22.8. The van der Waals surface area contributed by atoms with Crippen LogP contribution in [0.1, 0.15) is 44.0 Å². The molecule has 0 amide bonds. The number of ether oxygens (including phenoxy) is 1. The fourth-order valence-electron chi connectivity index (χ4n) is 3.31. The monoisotopic (exact) mass is 309 g/mol. The molecule has 2 heterocycles. The number of methoxy groups -OCH3 is 1. The molecule has 1 aromatic rings. The van der Waals surface area contributed by atoms with Crippen molar-refractivity contribution in [1.82, 2.24) is 15.1 Å². The number of carboxylic acid groups (broad SMARTS) is 1. The average Bonchev–Trinajstić information content (AvgIpc) is 2.95. The van der Waals surface area contributed by atoms with Gasteiger partial charge in [0.1, 0.15) is 0 Å². The van der Waals surface area contributed by atoms with E-state index in [0.29, 0.717) is 19.6 Å². The summed E-state index contributed by atoms with van der Waals surface area (Å²) in [7, 11) is 1.66. The third-order valence-electron chi connectivity index (χ3n) is 4.55. The number of hydrogen-bond acceptors (Lipinski definition) is 4. The predicted molar refractivity (Wildman–Crippen MR) is 83.7 cm³/mol. The topological polar surface area (TPSA) is 78.5 Å². The summed E-state index contributed by atoms with van der Waals surface area (Å²) in [5.74, 6) is -0.674. The third-order valence-corrected chi connectivity index (χ3v) is 4.55. The molecule has 1 aliphatic rings. The van der Waals surface area contributed by atoms with Crippen LogP contribution >= 0.6 is 0 Å². The van der Waals surface area contributed by atoms with E-state index in [1.807, 2.05) is 0 Å². The number of carbonyl (C=O) groups is 1. The van der Waals surface area contributed by atoms with Gasteiger partial charge in [0.05, 0.1) is 11.1 Å². The van der Waals surface area contributed by atoms with Crippen LogP contribution in [0.2, 0.25) is 0 Å². The van der Waals surface area contributed by atoms with E-state index in [2.05, 4.69) is 28.1 Å². The van der Waals surface area contributed by atoms with Crippen molar-refractivity contribution in [3.05, 3.63) is 17.5 Å². The second kappa shape index (κ2) is 7.74. The van der Waals surface area contributed by atoms with Crippen molar-refractivity contribution in [2.45, 2.75) is 45.6 Å². The molecular weight excluding hydrogens is 282 g/mol. The number of carboxylic acids is 1. The number of aryl methyl sites for hydroxylation is 1. The lowest BCUT2D eigenvalue weighted by atomic mass is 9.76. The summed E-state index contributed by atoms with van der Waals surface area (Å²) in [5.41, 5.74) is 1.48. The number of aliphatic carboxylic acids is 1. The quantitative estimate of drug-likeness (QED) is 0.719. The number of hydrogen-bond donors (Lipinski definition) is 2. The lowest BCUT2D eigenvalue weighted by Crippen LogP contribution is -2.47. The maximum atomic E-state index is 11.8. The number of aromatic amines is 1. The van der Waals surface area contributed by atoms with Crippen molar-refractivity contribution < 1.29 is 14.6 Å². The number of piperidine rings is 1. The first kappa shape index (κ1) is 17.0. The molecule has 2 rings (SSSR count). The van der Waals surface area contributed by atoms with Crippen molar-refractivity contribution in [2.24, 2.45) is 5.41 Å². The van der Waals surface area contributed by atoms with E-state index in [-0.39, 0.29) is 0 Å². The van der Waals surface area contributed by atoms with Gasteiger partial charge in [0.2, 0.25) is 0 Å². The molecular formula is C16H27N3O3. The van der Waals surface area contributed by atoms with Crippen molar-refractivity contribution in [3.8, 4) is 0 Å². The minimum atomic E-state index is -0.674. The van der Waals surface area contributed by atoms with Crippen LogP contribution in [0.5, 0.6) is 0 Å². The second-order valence-corrected chi connectivity index (χ2v) is 6.23. The molecule has 0 spiro atoms. The van der Waals surface area contributed by atoms with Gasteiger partial charge in [0.15, 0.2) is 0 Å². The molecule has 0 saturated carbocycles. The Hall–Kier alpha value is -1.40. The zero-order valence-corrected chi connectivity index (χ0v) is 13.6. The Bertz CT molecular complexity index is 489. The third kappa shape index (κ3) is 4.08. The van der Waals surface area contributed by atoms with Crippen LogP contribution < -0.4 is 0 Å². The first-order valence-electron chi connectivity index (χ1n) is 8.07. The summed E-state index contributed by atoms with van der Waals surface area (Å²) in [6, 6.07) is 2.07. The van der Waals surface area contributed by atoms with Crippen LogP contribution in [0.25, 0.3) is 0 Å². The minimum absolute atomic E-state index is 0.604. The van der Waals surface area contributed by atoms with E-state index in [9.17, 15) is 9.90 Å². The summed E-state index contributed by atoms with van der Waals surface area (Å²) in [6.07, 6.45) is 4.06. The van der Waals surface area contributed by atoms with E-state index >= 15 is 0 Å². The molecule has 1 atom stereocenters. The summed E-state index contributed by atoms with van der Waals surface area (Å²) in [6.45, 7) is 4.99. The van der Waals surface area contributed by atoms with Gasteiger partial charge in [-0.3, -0.25) is 14.8 Å². The van der Waals surface area contributed by atoms with E-state index in [4.69, 9.17) is 4.74 Å². The fourth-order valence-corrected chi connectivity index (χ4v) is 3.31. The molecule has 0 aromatic carbocycles. The fraction of sp³-hybridized carbons (Fsp3) is 0.750. The van der Waals surface area contributed by atoms with Crippen LogP contribution in [0.3, 0.4) is 0 Å². The maximum Gasteiger partial charge on any atom is 0.310 e. The molecule has 2 N–H and O–H groups in total. The summed E-state index contributed by atoms with van der Waals surface area (Å²) >= 11 is 0. The Morgan fingerprint density at radius 2 is 2.41 bits per heavy atom. The highest BCUT2D eigenvalue weighted by Crippen LogP contribution is 2.35. The Morgan fingerprint density at radius 3 is 3.05 bits per heavy atom. The number of rotatable bonds is 8. The summed E-state index contributed by atoms with van der Waals surface area (Å²) < 4.78 is 5.08. The lowest BCUT2D eigenvalue weighted by molar-refractivity contribution is -0.153. The van der Waals surface area contributed by atoms with Crippen LogP contribution in [0.15, 0.2) is 6.07 Å². The number of nitrogens with one attached hydrogen (secondary N) is 1. The molecule has 1 fully saturated rings. The van der Waals surface area contributed by atoms with Gasteiger partial charge in [-0.2, -0.15) is 5.10 Å². The average molecular weight is 309 g/mol. The molecule has 6 nitrogen and oxygen atoms in total. The van der Waals surface area contributed by atoms with Gasteiger partial charge < -0.3 is 9.84 Å². The maximum absolute atomic E-state index is 11.8. The first-order valence-corrected chi connectivity index (χ1v) is 8.07. The van der Waals surface area contributed by atoms with Gasteiger partial charge in [-0.05, 0) is 44.7 Å². The van der Waals surface area contributed by atoms with Gasteiger partial charge in [-0.15, -0.1) is 0 Å². The summed E-state index contributed by atoms with van der Waals surface area (Å²) in [4.78, 5) is 14.1. The van der Waals surface area contributed by atoms with Gasteiger partial charge in [-0.1, -0.05) is 6.92 Å². The molecule has 0 radical (unpaired) electrons. The first-order chi connectivity index (χ1) is 10.6. The molecule has 6 heteroatoms. The lowest BCUT2D eigenvalue weighted by Gasteiger charge is -2.39. The van der Waals surface area contributed by atoms with Crippen molar-refractivity contribution in [2.75, 3.05) is 26.8 Å². The van der Waals surface area contributed by atoms with Gasteiger partial charge in [-0.25, -0.2) is 0 Å². The largest absolute Gasteiger partial charge is 0.481 e. The van der Waals surface area contributed by atoms with Crippen LogP contribution in [0.4, 0.5) is 0 Å². The molecule has 1 unspecified atom stereocenters. The Kier molecular flexibility index (Phi) is 5.97. The number of likely N-dealkylation sites (tertiary alicyclic amines) is 1. The van der Waals surface area contributed by atoms with Crippen LogP contribution in [-0.2, 0) is 22.5 Å². The Morgan fingerprint density at radius 1 is 1.59 bits per heavy atom. The van der Waals surface area contributed by atoms with E-state index < -0.39 is 11.4 Å². The number of aromatic nitrogens is 2. The van der Waals surface area contributed by atoms with Gasteiger partial charge in [0, 0.05) is 32.5 Å². The van der Waals surface area contributed by atoms with Gasteiger partial charge >= 0.3 is 5.97 Å². The zero-order chi connectivity index (χ0) is 16.0. The van der Waals surface area contributed by atoms with Crippen molar-refractivity contribution >= 4 is 5.97 Å². The Labute approximate surface area is 131 Å². The number of H-pyrrole nitrogens is 1. The highest BCUT2D eigenvalue weighted by atomic mass is 16.5. The van der Waals surface area contributed by atoms with Crippen molar-refractivity contribution in [1.29, 1.82) is 0 Å². The van der Waals surface area contributed by atoms with E-state index in [0.717, 1.165) is 50.2 Å². The second-order valence-electron chi connectivity index (χ2n) is 6.23.